The van der Waals surface area contributed by atoms with E-state index in [-0.39, 0.29) is 29.5 Å². The number of aryl methyl sites for hydroxylation is 1. The van der Waals surface area contributed by atoms with Gasteiger partial charge in [0.05, 0.1) is 17.7 Å². The van der Waals surface area contributed by atoms with Crippen LogP contribution in [0.1, 0.15) is 34.0 Å². The molecule has 4 N–H and O–H groups in total. The molecule has 0 aliphatic carbocycles. The number of hydrogen-bond donors (Lipinski definition) is 4. The summed E-state index contributed by atoms with van der Waals surface area (Å²) in [7, 11) is 0. The van der Waals surface area contributed by atoms with Crippen LogP contribution in [-0.2, 0) is 19.4 Å². The van der Waals surface area contributed by atoms with Crippen molar-refractivity contribution in [3.8, 4) is 0 Å². The molecular formula is C29H28ClF2N3O3. The standard InChI is InChI=1S/C29H28ClF2N3O3/c1-2-17-4-3-5-18(8-17)14-33-16-27(36)26(11-19-9-21(31)13-22(32)10-19)35-29(38)24-15-34-25-12-20(30)6-7-23(25)28(24)37/h3-10,12-13,15,26-27,33,36H,2,11,14,16H2,1H3,(H,34,37)(H,35,38)/t26-,27+/m0/s1. The van der Waals surface area contributed by atoms with Gasteiger partial charge in [-0.3, -0.25) is 9.59 Å². The monoisotopic (exact) mass is 539 g/mol. The van der Waals surface area contributed by atoms with E-state index in [1.165, 1.54) is 17.8 Å². The molecule has 198 valence electrons. The molecule has 38 heavy (non-hydrogen) atoms. The van der Waals surface area contributed by atoms with Gasteiger partial charge in [-0.2, -0.15) is 0 Å². The highest BCUT2D eigenvalue weighted by Crippen LogP contribution is 2.16. The summed E-state index contributed by atoms with van der Waals surface area (Å²) in [6.45, 7) is 2.63. The second-order valence-electron chi connectivity index (χ2n) is 9.15. The molecule has 0 fully saturated rings. The molecule has 0 saturated carbocycles. The van der Waals surface area contributed by atoms with Gasteiger partial charge in [-0.25, -0.2) is 8.78 Å². The van der Waals surface area contributed by atoms with Crippen molar-refractivity contribution in [2.24, 2.45) is 0 Å². The molecule has 2 atom stereocenters. The average Bonchev–Trinajstić information content (AvgIpc) is 2.87. The Kier molecular flexibility index (Phi) is 8.89. The summed E-state index contributed by atoms with van der Waals surface area (Å²) >= 11 is 5.98. The van der Waals surface area contributed by atoms with Crippen LogP contribution >= 0.6 is 11.6 Å². The molecule has 4 rings (SSSR count). The topological polar surface area (TPSA) is 94.2 Å². The Hall–Kier alpha value is -3.59. The van der Waals surface area contributed by atoms with Crippen LogP contribution in [0.3, 0.4) is 0 Å². The van der Waals surface area contributed by atoms with Gasteiger partial charge in [-0.05, 0) is 59.9 Å². The maximum Gasteiger partial charge on any atom is 0.257 e. The van der Waals surface area contributed by atoms with Crippen molar-refractivity contribution in [1.82, 2.24) is 15.6 Å². The van der Waals surface area contributed by atoms with Crippen LogP contribution in [0, 0.1) is 11.6 Å². The van der Waals surface area contributed by atoms with Crippen LogP contribution in [0.4, 0.5) is 8.78 Å². The van der Waals surface area contributed by atoms with Crippen molar-refractivity contribution in [2.45, 2.75) is 38.5 Å². The highest BCUT2D eigenvalue weighted by Gasteiger charge is 2.24. The van der Waals surface area contributed by atoms with E-state index < -0.39 is 35.1 Å². The molecule has 6 nitrogen and oxygen atoms in total. The zero-order chi connectivity index (χ0) is 27.2. The number of fused-ring (bicyclic) bond motifs is 1. The number of aromatic amines is 1. The van der Waals surface area contributed by atoms with Crippen molar-refractivity contribution >= 4 is 28.4 Å². The van der Waals surface area contributed by atoms with Crippen LogP contribution in [0.25, 0.3) is 10.9 Å². The van der Waals surface area contributed by atoms with Crippen molar-refractivity contribution in [3.63, 3.8) is 0 Å². The van der Waals surface area contributed by atoms with E-state index in [0.29, 0.717) is 17.1 Å². The Morgan fingerprint density at radius 1 is 1.03 bits per heavy atom. The summed E-state index contributed by atoms with van der Waals surface area (Å²) in [5.41, 5.74) is 2.28. The fourth-order valence-electron chi connectivity index (χ4n) is 4.34. The predicted molar refractivity (Wildman–Crippen MR) is 144 cm³/mol. The lowest BCUT2D eigenvalue weighted by molar-refractivity contribution is 0.0828. The van der Waals surface area contributed by atoms with E-state index >= 15 is 0 Å². The first-order chi connectivity index (χ1) is 18.2. The lowest BCUT2D eigenvalue weighted by Crippen LogP contribution is -2.49. The number of halogens is 3. The molecule has 0 spiro atoms. The summed E-state index contributed by atoms with van der Waals surface area (Å²) < 4.78 is 27.7. The third-order valence-corrected chi connectivity index (χ3v) is 6.56. The summed E-state index contributed by atoms with van der Waals surface area (Å²) in [6.07, 6.45) is 0.990. The second-order valence-corrected chi connectivity index (χ2v) is 9.59. The molecule has 9 heteroatoms. The van der Waals surface area contributed by atoms with Crippen LogP contribution in [0.15, 0.2) is 71.7 Å². The Bertz CT molecular complexity index is 1490. The highest BCUT2D eigenvalue weighted by molar-refractivity contribution is 6.31. The number of H-pyrrole nitrogens is 1. The molecule has 3 aromatic carbocycles. The average molecular weight is 540 g/mol. The Morgan fingerprint density at radius 2 is 1.76 bits per heavy atom. The number of nitrogens with one attached hydrogen (secondary N) is 3. The largest absolute Gasteiger partial charge is 0.390 e. The number of aliphatic hydroxyl groups excluding tert-OH is 1. The molecule has 0 bridgehead atoms. The predicted octanol–water partition coefficient (Wildman–Crippen LogP) is 4.51. The third-order valence-electron chi connectivity index (χ3n) is 6.33. The van der Waals surface area contributed by atoms with Crippen molar-refractivity contribution < 1.29 is 18.7 Å². The number of benzene rings is 3. The maximum atomic E-state index is 13.8. The fourth-order valence-corrected chi connectivity index (χ4v) is 4.51. The normalized spacial score (nSPS) is 12.9. The van der Waals surface area contributed by atoms with E-state index in [1.54, 1.807) is 12.1 Å². The van der Waals surface area contributed by atoms with Crippen LogP contribution in [0.2, 0.25) is 5.02 Å². The van der Waals surface area contributed by atoms with Gasteiger partial charge < -0.3 is 20.7 Å². The van der Waals surface area contributed by atoms with Gasteiger partial charge in [0, 0.05) is 35.8 Å². The molecule has 1 amide bonds. The van der Waals surface area contributed by atoms with Gasteiger partial charge >= 0.3 is 0 Å². The van der Waals surface area contributed by atoms with Crippen molar-refractivity contribution in [1.29, 1.82) is 0 Å². The first kappa shape index (κ1) is 27.4. The lowest BCUT2D eigenvalue weighted by atomic mass is 10.00. The SMILES string of the molecule is CCc1cccc(CNC[C@@H](O)[C@H](Cc2cc(F)cc(F)c2)NC(=O)c2c[nH]c3cc(Cl)ccc3c2=O)c1. The van der Waals surface area contributed by atoms with E-state index in [1.807, 2.05) is 18.2 Å². The number of aliphatic hydroxyl groups is 1. The third kappa shape index (κ3) is 6.83. The quantitative estimate of drug-likeness (QED) is 0.238. The Labute approximate surface area is 223 Å². The molecule has 4 aromatic rings. The zero-order valence-electron chi connectivity index (χ0n) is 20.7. The van der Waals surface area contributed by atoms with Gasteiger partial charge in [-0.15, -0.1) is 0 Å². The van der Waals surface area contributed by atoms with E-state index in [9.17, 15) is 23.5 Å². The Balaban J connectivity index is 1.53. The van der Waals surface area contributed by atoms with Crippen molar-refractivity contribution in [2.75, 3.05) is 6.54 Å². The molecule has 0 aliphatic heterocycles. The molecule has 0 unspecified atom stereocenters. The van der Waals surface area contributed by atoms with E-state index in [4.69, 9.17) is 11.6 Å². The molecule has 1 heterocycles. The number of pyridine rings is 1. The molecule has 1 aromatic heterocycles. The summed E-state index contributed by atoms with van der Waals surface area (Å²) in [5, 5.41) is 17.6. The summed E-state index contributed by atoms with van der Waals surface area (Å²) in [6, 6.07) is 14.8. The summed E-state index contributed by atoms with van der Waals surface area (Å²) in [5.74, 6) is -2.25. The number of carbonyl (C=O) groups excluding carboxylic acids is 1. The van der Waals surface area contributed by atoms with Gasteiger partial charge in [-0.1, -0.05) is 42.8 Å². The maximum absolute atomic E-state index is 13.8. The van der Waals surface area contributed by atoms with Gasteiger partial charge in [0.1, 0.15) is 17.2 Å². The Morgan fingerprint density at radius 3 is 2.50 bits per heavy atom. The van der Waals surface area contributed by atoms with Gasteiger partial charge in [0.15, 0.2) is 0 Å². The van der Waals surface area contributed by atoms with Crippen molar-refractivity contribution in [3.05, 3.63) is 116 Å². The molecule has 0 radical (unpaired) electrons. The molecule has 0 aliphatic rings. The minimum Gasteiger partial charge on any atom is -0.390 e. The number of rotatable bonds is 10. The first-order valence-electron chi connectivity index (χ1n) is 12.3. The highest BCUT2D eigenvalue weighted by atomic mass is 35.5. The number of carbonyl (C=O) groups is 1. The fraction of sp³-hybridized carbons (Fsp3) is 0.241. The minimum absolute atomic E-state index is 0.0598. The van der Waals surface area contributed by atoms with Gasteiger partial charge in [0.2, 0.25) is 5.43 Å². The minimum atomic E-state index is -1.13. The first-order valence-corrected chi connectivity index (χ1v) is 12.6. The molecular weight excluding hydrogens is 512 g/mol. The molecule has 0 saturated heterocycles. The smallest absolute Gasteiger partial charge is 0.257 e. The van der Waals surface area contributed by atoms with Crippen LogP contribution in [0.5, 0.6) is 0 Å². The van der Waals surface area contributed by atoms with Crippen LogP contribution < -0.4 is 16.1 Å². The van der Waals surface area contributed by atoms with Crippen LogP contribution in [-0.4, -0.2) is 34.7 Å². The summed E-state index contributed by atoms with van der Waals surface area (Å²) in [4.78, 5) is 29.0. The van der Waals surface area contributed by atoms with E-state index in [0.717, 1.165) is 30.2 Å². The number of aromatic nitrogens is 1. The van der Waals surface area contributed by atoms with Gasteiger partial charge in [0.25, 0.3) is 5.91 Å². The zero-order valence-corrected chi connectivity index (χ0v) is 21.5. The number of amides is 1. The second kappa shape index (κ2) is 12.3. The van der Waals surface area contributed by atoms with E-state index in [2.05, 4.69) is 28.6 Å². The number of hydrogen-bond acceptors (Lipinski definition) is 4. The lowest BCUT2D eigenvalue weighted by Gasteiger charge is -2.25.